The third-order valence-electron chi connectivity index (χ3n) is 6.75. The molecule has 5 rings (SSSR count). The average molecular weight is 598 g/mol. The summed E-state index contributed by atoms with van der Waals surface area (Å²) in [6, 6.07) is 22.6. The van der Waals surface area contributed by atoms with Crippen molar-refractivity contribution in [2.24, 2.45) is 0 Å². The maximum Gasteiger partial charge on any atom is -1.00 e. The van der Waals surface area contributed by atoms with E-state index < -0.39 is 8.32 Å². The van der Waals surface area contributed by atoms with E-state index in [1.54, 1.807) is 0 Å². The fourth-order valence-electron chi connectivity index (χ4n) is 5.34. The van der Waals surface area contributed by atoms with Crippen molar-refractivity contribution in [3.8, 4) is 0 Å². The minimum atomic E-state index is -1.54. The van der Waals surface area contributed by atoms with Crippen molar-refractivity contribution in [1.82, 2.24) is 0 Å². The average Bonchev–Trinajstić information content (AvgIpc) is 3.28. The van der Waals surface area contributed by atoms with Crippen LogP contribution in [0.4, 0.5) is 0 Å². The Morgan fingerprint density at radius 1 is 0.857 bits per heavy atom. The topological polar surface area (TPSA) is 9.23 Å². The zero-order valence-electron chi connectivity index (χ0n) is 21.0. The van der Waals surface area contributed by atoms with Crippen LogP contribution < -0.4 is 35.3 Å². The second-order valence-electron chi connectivity index (χ2n) is 10.4. The van der Waals surface area contributed by atoms with Crippen molar-refractivity contribution in [2.45, 2.75) is 45.8 Å². The van der Waals surface area contributed by atoms with Crippen LogP contribution >= 0.6 is 0 Å². The minimum absolute atomic E-state index is 0. The van der Waals surface area contributed by atoms with Gasteiger partial charge in [0.25, 0.3) is 0 Å². The van der Waals surface area contributed by atoms with E-state index in [-0.39, 0.29) is 30.7 Å². The molecule has 1 unspecified atom stereocenters. The number of fused-ring (bicyclic) bond motifs is 3. The molecule has 2 aliphatic rings. The Morgan fingerprint density at radius 2 is 1.51 bits per heavy atom. The molecule has 1 atom stereocenters. The Hall–Kier alpha value is -1.22. The summed E-state index contributed by atoms with van der Waals surface area (Å²) in [6.45, 7) is 12.2. The van der Waals surface area contributed by atoms with Crippen molar-refractivity contribution < 1.29 is 54.0 Å². The van der Waals surface area contributed by atoms with Gasteiger partial charge >= 0.3 is 214 Å². The van der Waals surface area contributed by atoms with Crippen LogP contribution in [-0.2, 0) is 29.1 Å². The maximum absolute atomic E-state index is 6.31. The molecule has 1 nitrogen and oxygen atoms in total. The Morgan fingerprint density at radius 3 is 2.20 bits per heavy atom. The monoisotopic (exact) mass is 595 g/mol. The van der Waals surface area contributed by atoms with Gasteiger partial charge in [0.2, 0.25) is 0 Å². The van der Waals surface area contributed by atoms with Gasteiger partial charge in [0.1, 0.15) is 0 Å². The molecule has 0 bridgehead atoms. The summed E-state index contributed by atoms with van der Waals surface area (Å²) in [5, 5.41) is 5.61. The van der Waals surface area contributed by atoms with Crippen molar-refractivity contribution in [3.05, 3.63) is 109 Å². The number of hydrogen-bond donors (Lipinski definition) is 0. The zero-order chi connectivity index (χ0) is 23.3. The summed E-state index contributed by atoms with van der Waals surface area (Å²) < 4.78 is 7.80. The Kier molecular flexibility index (Phi) is 8.94. The van der Waals surface area contributed by atoms with Crippen molar-refractivity contribution in [1.29, 1.82) is 0 Å². The maximum atomic E-state index is 6.31. The second-order valence-corrected chi connectivity index (χ2v) is 16.1. The predicted octanol–water partition coefficient (Wildman–Crippen LogP) is -0.0407. The van der Waals surface area contributed by atoms with E-state index in [0.717, 1.165) is 13.0 Å². The molecule has 35 heavy (non-hydrogen) atoms. The van der Waals surface area contributed by atoms with Gasteiger partial charge in [0, 0.05) is 0 Å². The molecule has 0 saturated carbocycles. The summed E-state index contributed by atoms with van der Waals surface area (Å²) in [5.41, 5.74) is 8.66. The Bertz CT molecular complexity index is 1520. The van der Waals surface area contributed by atoms with E-state index in [0.29, 0.717) is 0 Å². The second kappa shape index (κ2) is 11.0. The van der Waals surface area contributed by atoms with E-state index in [4.69, 9.17) is 4.43 Å². The smallest absolute Gasteiger partial charge is 1.00 e. The predicted molar refractivity (Wildman–Crippen MR) is 137 cm³/mol. The number of benzene rings is 3. The third kappa shape index (κ3) is 5.27. The first-order valence-electron chi connectivity index (χ1n) is 11.9. The van der Waals surface area contributed by atoms with Crippen LogP contribution in [0.1, 0.15) is 48.4 Å². The largest absolute Gasteiger partial charge is 1.00 e. The fraction of sp³-hybridized carbons (Fsp3) is 0.267. The van der Waals surface area contributed by atoms with Gasteiger partial charge in [0.05, 0.1) is 0 Å². The van der Waals surface area contributed by atoms with Crippen LogP contribution in [0.15, 0.2) is 66.2 Å². The van der Waals surface area contributed by atoms with Crippen molar-refractivity contribution in [3.63, 3.8) is 0 Å². The number of hydrogen-bond acceptors (Lipinski definition) is 1. The quantitative estimate of drug-likeness (QED) is 0.376. The molecule has 3 aromatic rings. The summed E-state index contributed by atoms with van der Waals surface area (Å²) in [4.78, 5) is 0. The van der Waals surface area contributed by atoms with E-state index in [1.165, 1.54) is 82.3 Å². The third-order valence-corrected chi connectivity index (χ3v) is 9.10. The first-order valence-corrected chi connectivity index (χ1v) is 16.5. The summed E-state index contributed by atoms with van der Waals surface area (Å²) in [6.07, 6.45) is 3.42. The van der Waals surface area contributed by atoms with Gasteiger partial charge in [-0.15, -0.1) is 0 Å². The molecule has 0 heterocycles. The van der Waals surface area contributed by atoms with Crippen LogP contribution in [-0.4, -0.2) is 14.9 Å². The summed E-state index contributed by atoms with van der Waals surface area (Å²) >= 11 is 1.48. The van der Waals surface area contributed by atoms with E-state index >= 15 is 0 Å². The molecular weight excluding hydrogens is 567 g/mol. The molecule has 2 aliphatic carbocycles. The first-order chi connectivity index (χ1) is 15.8. The van der Waals surface area contributed by atoms with Gasteiger partial charge in [-0.05, 0) is 0 Å². The van der Waals surface area contributed by atoms with Gasteiger partial charge in [-0.1, -0.05) is 0 Å². The molecule has 0 saturated heterocycles. The van der Waals surface area contributed by atoms with Gasteiger partial charge in [0.15, 0.2) is 0 Å². The molecule has 0 aromatic heterocycles. The van der Waals surface area contributed by atoms with Crippen LogP contribution in [0.5, 0.6) is 0 Å². The Balaban J connectivity index is 0.00000171. The zero-order valence-corrected chi connectivity index (χ0v) is 26.0. The van der Waals surface area contributed by atoms with Crippen LogP contribution in [0, 0.1) is 10.4 Å². The molecule has 0 fully saturated rings. The van der Waals surface area contributed by atoms with Crippen LogP contribution in [0.3, 0.4) is 0 Å². The fourth-order valence-corrected chi connectivity index (χ4v) is 7.25. The van der Waals surface area contributed by atoms with Gasteiger partial charge in [-0.25, -0.2) is 0 Å². The molecule has 0 aliphatic heterocycles. The SMILES string of the molecule is CC(C)=c1ccc2c(c1C1C(CCO[Si](C)(C)C)=Cc3ccccc31)[C]([Zr+2])=c1ccccc1=2.[Cl-].[Cl-]. The van der Waals surface area contributed by atoms with Gasteiger partial charge in [-0.2, -0.15) is 0 Å². The van der Waals surface area contributed by atoms with Crippen molar-refractivity contribution in [2.75, 3.05) is 6.61 Å². The first kappa shape index (κ1) is 28.4. The number of halogens is 2. The summed E-state index contributed by atoms with van der Waals surface area (Å²) in [7, 11) is -1.54. The van der Waals surface area contributed by atoms with Crippen LogP contribution in [0.2, 0.25) is 19.6 Å². The standard InChI is InChI=1S/C30H31OSi.2ClH.Zr/c1-20(2)24-14-15-27-25-12-8-6-11-22(25)19-28(27)30(24)29-23(16-17-31-32(3,4)5)18-21-10-7-9-13-26(21)29;;;/h6-15,18,29H,16-17H2,1-5H3;2*1H;/q;;;+2/p-2. The molecule has 0 radical (unpaired) electrons. The van der Waals surface area contributed by atoms with Gasteiger partial charge < -0.3 is 24.8 Å². The van der Waals surface area contributed by atoms with E-state index in [1.807, 2.05) is 0 Å². The number of rotatable bonds is 5. The molecule has 0 amide bonds. The molecule has 3 aromatic carbocycles. The van der Waals surface area contributed by atoms with Crippen molar-refractivity contribution >= 4 is 23.2 Å². The van der Waals surface area contributed by atoms with E-state index in [9.17, 15) is 0 Å². The van der Waals surface area contributed by atoms with E-state index in [2.05, 4.69) is 100 Å². The van der Waals surface area contributed by atoms with Gasteiger partial charge in [-0.3, -0.25) is 0 Å². The minimum Gasteiger partial charge on any atom is -1.00 e. The summed E-state index contributed by atoms with van der Waals surface area (Å²) in [5.74, 6) is 0.288. The molecule has 0 spiro atoms. The molecule has 179 valence electrons. The normalized spacial score (nSPS) is 15.5. The van der Waals surface area contributed by atoms with Crippen LogP contribution in [0.25, 0.3) is 14.9 Å². The molecule has 0 N–H and O–H groups in total. The molecular formula is C30H31Cl2OSiZr. The Labute approximate surface area is 237 Å². The molecule has 5 heteroatoms.